The van der Waals surface area contributed by atoms with Gasteiger partial charge in [-0.2, -0.15) is 5.26 Å². The van der Waals surface area contributed by atoms with Crippen LogP contribution in [-0.4, -0.2) is 47.0 Å². The van der Waals surface area contributed by atoms with Gasteiger partial charge in [0, 0.05) is 12.5 Å². The first-order valence-electron chi connectivity index (χ1n) is 12.4. The van der Waals surface area contributed by atoms with E-state index in [9.17, 15) is 19.6 Å². The van der Waals surface area contributed by atoms with Crippen LogP contribution in [0.2, 0.25) is 0 Å². The predicted octanol–water partition coefficient (Wildman–Crippen LogP) is 4.36. The Morgan fingerprint density at radius 1 is 1.00 bits per heavy atom. The van der Waals surface area contributed by atoms with Gasteiger partial charge in [0.15, 0.2) is 0 Å². The van der Waals surface area contributed by atoms with Crippen molar-refractivity contribution in [3.63, 3.8) is 0 Å². The number of hydrogen-bond acceptors (Lipinski definition) is 5. The van der Waals surface area contributed by atoms with Crippen molar-refractivity contribution in [1.82, 2.24) is 15.5 Å². The molecule has 2 aromatic carbocycles. The number of amides is 3. The molecule has 2 aromatic rings. The zero-order valence-electron chi connectivity index (χ0n) is 22.8. The Balaban J connectivity index is 2.54. The molecule has 2 rings (SSSR count). The maximum atomic E-state index is 14.0. The normalized spacial score (nSPS) is 12.7. The molecule has 3 amide bonds. The Hall–Kier alpha value is -3.86. The standard InChI is InChI=1S/C29H38N4O4/c1-19(2)31-26(34)25(23-14-13-20(3)21(4)17-23)33(16-15-30)27(35)24(18-22-11-9-8-10-12-22)32-28(36)37-29(5,6)7/h8-14,17,19,24-25H,16,18H2,1-7H3,(H,31,34)(H,32,36). The number of benzene rings is 2. The van der Waals surface area contributed by atoms with Crippen molar-refractivity contribution in [3.8, 4) is 6.07 Å². The molecule has 0 aliphatic rings. The first kappa shape index (κ1) is 29.4. The summed E-state index contributed by atoms with van der Waals surface area (Å²) in [7, 11) is 0. The Morgan fingerprint density at radius 3 is 2.19 bits per heavy atom. The lowest BCUT2D eigenvalue weighted by molar-refractivity contribution is -0.142. The molecule has 0 aromatic heterocycles. The van der Waals surface area contributed by atoms with E-state index in [1.807, 2.05) is 76.2 Å². The second kappa shape index (κ2) is 12.9. The number of ether oxygens (including phenoxy) is 1. The minimum Gasteiger partial charge on any atom is -0.444 e. The molecule has 0 spiro atoms. The van der Waals surface area contributed by atoms with E-state index in [1.165, 1.54) is 4.90 Å². The lowest BCUT2D eigenvalue weighted by atomic mass is 9.97. The quantitative estimate of drug-likeness (QED) is 0.491. The summed E-state index contributed by atoms with van der Waals surface area (Å²) in [5.41, 5.74) is 2.62. The van der Waals surface area contributed by atoms with Gasteiger partial charge in [-0.15, -0.1) is 0 Å². The summed E-state index contributed by atoms with van der Waals surface area (Å²) >= 11 is 0. The van der Waals surface area contributed by atoms with E-state index < -0.39 is 35.6 Å². The van der Waals surface area contributed by atoms with Crippen LogP contribution in [0, 0.1) is 25.2 Å². The van der Waals surface area contributed by atoms with E-state index in [-0.39, 0.29) is 19.0 Å². The molecular weight excluding hydrogens is 468 g/mol. The highest BCUT2D eigenvalue weighted by molar-refractivity contribution is 5.92. The molecule has 0 saturated heterocycles. The van der Waals surface area contributed by atoms with Gasteiger partial charge < -0.3 is 20.3 Å². The smallest absolute Gasteiger partial charge is 0.408 e. The average molecular weight is 507 g/mol. The first-order valence-corrected chi connectivity index (χ1v) is 12.4. The predicted molar refractivity (Wildman–Crippen MR) is 143 cm³/mol. The van der Waals surface area contributed by atoms with Crippen LogP contribution in [0.4, 0.5) is 4.79 Å². The van der Waals surface area contributed by atoms with Gasteiger partial charge in [-0.3, -0.25) is 9.59 Å². The number of alkyl carbamates (subject to hydrolysis) is 1. The SMILES string of the molecule is Cc1ccc(C(C(=O)NC(C)C)N(CC#N)C(=O)C(Cc2ccccc2)NC(=O)OC(C)(C)C)cc1C. The number of carbonyl (C=O) groups excluding carboxylic acids is 3. The van der Waals surface area contributed by atoms with E-state index in [1.54, 1.807) is 26.8 Å². The molecule has 0 heterocycles. The van der Waals surface area contributed by atoms with Crippen LogP contribution in [0.25, 0.3) is 0 Å². The molecule has 0 aliphatic carbocycles. The lowest BCUT2D eigenvalue weighted by Crippen LogP contribution is -2.54. The number of aryl methyl sites for hydroxylation is 2. The molecule has 2 N–H and O–H groups in total. The molecule has 0 radical (unpaired) electrons. The van der Waals surface area contributed by atoms with Crippen molar-refractivity contribution in [1.29, 1.82) is 5.26 Å². The third kappa shape index (κ3) is 8.94. The zero-order valence-corrected chi connectivity index (χ0v) is 22.8. The molecule has 0 bridgehead atoms. The Bertz CT molecular complexity index is 1130. The van der Waals surface area contributed by atoms with Gasteiger partial charge in [0.1, 0.15) is 24.2 Å². The summed E-state index contributed by atoms with van der Waals surface area (Å²) in [5, 5.41) is 15.2. The maximum absolute atomic E-state index is 14.0. The third-order valence-electron chi connectivity index (χ3n) is 5.63. The van der Waals surface area contributed by atoms with Crippen LogP contribution < -0.4 is 10.6 Å². The number of carbonyl (C=O) groups is 3. The van der Waals surface area contributed by atoms with Crippen molar-refractivity contribution in [2.24, 2.45) is 0 Å². The minimum absolute atomic E-state index is 0.159. The van der Waals surface area contributed by atoms with Crippen LogP contribution in [0.5, 0.6) is 0 Å². The summed E-state index contributed by atoms with van der Waals surface area (Å²) in [6.07, 6.45) is -0.597. The molecular formula is C29H38N4O4. The van der Waals surface area contributed by atoms with E-state index in [0.29, 0.717) is 5.56 Å². The van der Waals surface area contributed by atoms with Crippen molar-refractivity contribution in [3.05, 3.63) is 70.8 Å². The molecule has 2 unspecified atom stereocenters. The summed E-state index contributed by atoms with van der Waals surface area (Å²) in [4.78, 5) is 41.4. The fourth-order valence-corrected chi connectivity index (χ4v) is 3.84. The highest BCUT2D eigenvalue weighted by Crippen LogP contribution is 2.25. The fourth-order valence-electron chi connectivity index (χ4n) is 3.84. The monoisotopic (exact) mass is 506 g/mol. The molecule has 0 aliphatic heterocycles. The second-order valence-corrected chi connectivity index (χ2v) is 10.4. The molecule has 2 atom stereocenters. The van der Waals surface area contributed by atoms with Crippen LogP contribution >= 0.6 is 0 Å². The van der Waals surface area contributed by atoms with Crippen molar-refractivity contribution >= 4 is 17.9 Å². The molecule has 8 nitrogen and oxygen atoms in total. The summed E-state index contributed by atoms with van der Waals surface area (Å²) in [6.45, 7) is 12.4. The number of rotatable bonds is 9. The fraction of sp³-hybridized carbons (Fsp3) is 0.448. The van der Waals surface area contributed by atoms with E-state index in [2.05, 4.69) is 10.6 Å². The van der Waals surface area contributed by atoms with Crippen LogP contribution in [-0.2, 0) is 20.7 Å². The topological polar surface area (TPSA) is 112 Å². The molecule has 0 fully saturated rings. The summed E-state index contributed by atoms with van der Waals surface area (Å²) < 4.78 is 5.40. The van der Waals surface area contributed by atoms with Gasteiger partial charge in [0.05, 0.1) is 6.07 Å². The third-order valence-corrected chi connectivity index (χ3v) is 5.63. The van der Waals surface area contributed by atoms with Gasteiger partial charge in [-0.1, -0.05) is 48.5 Å². The summed E-state index contributed by atoms with van der Waals surface area (Å²) in [5.74, 6) is -0.962. The lowest BCUT2D eigenvalue weighted by Gasteiger charge is -2.33. The summed E-state index contributed by atoms with van der Waals surface area (Å²) in [6, 6.07) is 14.5. The molecule has 37 heavy (non-hydrogen) atoms. The van der Waals surface area contributed by atoms with Crippen molar-refractivity contribution in [2.45, 2.75) is 78.6 Å². The van der Waals surface area contributed by atoms with Gasteiger partial charge in [0.2, 0.25) is 11.8 Å². The Morgan fingerprint density at radius 2 is 1.65 bits per heavy atom. The largest absolute Gasteiger partial charge is 0.444 e. The molecule has 8 heteroatoms. The average Bonchev–Trinajstić information content (AvgIpc) is 2.79. The highest BCUT2D eigenvalue weighted by Gasteiger charge is 2.36. The highest BCUT2D eigenvalue weighted by atomic mass is 16.6. The van der Waals surface area contributed by atoms with Gasteiger partial charge in [-0.05, 0) is 70.7 Å². The Kier molecular flexibility index (Phi) is 10.2. The number of nitriles is 1. The van der Waals surface area contributed by atoms with Gasteiger partial charge in [-0.25, -0.2) is 4.79 Å². The molecule has 198 valence electrons. The van der Waals surface area contributed by atoms with Crippen LogP contribution in [0.1, 0.15) is 62.9 Å². The van der Waals surface area contributed by atoms with Crippen LogP contribution in [0.15, 0.2) is 48.5 Å². The van der Waals surface area contributed by atoms with E-state index in [4.69, 9.17) is 4.74 Å². The number of nitrogens with one attached hydrogen (secondary N) is 2. The minimum atomic E-state index is -1.06. The van der Waals surface area contributed by atoms with Crippen molar-refractivity contribution < 1.29 is 19.1 Å². The van der Waals surface area contributed by atoms with E-state index in [0.717, 1.165) is 16.7 Å². The van der Waals surface area contributed by atoms with Crippen molar-refractivity contribution in [2.75, 3.05) is 6.54 Å². The zero-order chi connectivity index (χ0) is 27.8. The van der Waals surface area contributed by atoms with Crippen LogP contribution in [0.3, 0.4) is 0 Å². The maximum Gasteiger partial charge on any atom is 0.408 e. The Labute approximate surface area is 220 Å². The molecule has 0 saturated carbocycles. The van der Waals surface area contributed by atoms with E-state index >= 15 is 0 Å². The second-order valence-electron chi connectivity index (χ2n) is 10.4. The number of hydrogen-bond donors (Lipinski definition) is 2. The number of nitrogens with zero attached hydrogens (tertiary/aromatic N) is 2. The first-order chi connectivity index (χ1) is 17.3. The van der Waals surface area contributed by atoms with Gasteiger partial charge >= 0.3 is 6.09 Å². The van der Waals surface area contributed by atoms with Gasteiger partial charge in [0.25, 0.3) is 0 Å².